The molecule has 5 rings (SSSR count). The number of para-hydroxylation sites is 1. The zero-order chi connectivity index (χ0) is 25.2. The van der Waals surface area contributed by atoms with Crippen molar-refractivity contribution < 1.29 is 14.7 Å². The number of benzene rings is 3. The van der Waals surface area contributed by atoms with Crippen molar-refractivity contribution in [3.05, 3.63) is 101 Å². The number of carboxylic acids is 1. The molecule has 1 aliphatic heterocycles. The number of nitrogens with zero attached hydrogens (tertiary/aromatic N) is 3. The predicted octanol–water partition coefficient (Wildman–Crippen LogP) is 6.06. The van der Waals surface area contributed by atoms with Gasteiger partial charge < -0.3 is 5.11 Å². The monoisotopic (exact) mass is 477 g/mol. The Balaban J connectivity index is 1.68. The summed E-state index contributed by atoms with van der Waals surface area (Å²) < 4.78 is 0. The summed E-state index contributed by atoms with van der Waals surface area (Å²) in [6.45, 7) is 4.00. The van der Waals surface area contributed by atoms with Crippen molar-refractivity contribution in [3.8, 4) is 11.1 Å². The first kappa shape index (κ1) is 23.4. The Bertz CT molecular complexity index is 1490. The molecule has 0 saturated carbocycles. The Morgan fingerprint density at radius 1 is 0.917 bits per heavy atom. The molecule has 1 aliphatic rings. The summed E-state index contributed by atoms with van der Waals surface area (Å²) >= 11 is 0. The van der Waals surface area contributed by atoms with Crippen LogP contribution in [-0.2, 0) is 9.59 Å². The van der Waals surface area contributed by atoms with Crippen LogP contribution in [0.25, 0.3) is 22.0 Å². The maximum absolute atomic E-state index is 13.2. The summed E-state index contributed by atoms with van der Waals surface area (Å²) in [5, 5.41) is 16.5. The summed E-state index contributed by atoms with van der Waals surface area (Å²) in [5.74, 6) is -1.30. The molecule has 36 heavy (non-hydrogen) atoms. The third-order valence-electron chi connectivity index (χ3n) is 6.57. The number of fused-ring (bicyclic) bond motifs is 1. The zero-order valence-electron chi connectivity index (χ0n) is 20.3. The molecule has 3 aromatic carbocycles. The van der Waals surface area contributed by atoms with Gasteiger partial charge in [0.05, 0.1) is 23.7 Å². The van der Waals surface area contributed by atoms with Gasteiger partial charge >= 0.3 is 5.97 Å². The SMILES string of the molecule is Cc1cccc(C2CC(c3c(C)nc4ccccc4c3-c3ccccc3)=NN2C(=O)CCC(=O)O)c1. The summed E-state index contributed by atoms with van der Waals surface area (Å²) in [6, 6.07) is 26.0. The van der Waals surface area contributed by atoms with Gasteiger partial charge in [-0.3, -0.25) is 14.6 Å². The van der Waals surface area contributed by atoms with Gasteiger partial charge in [-0.05, 0) is 31.0 Å². The van der Waals surface area contributed by atoms with Crippen LogP contribution in [0.4, 0.5) is 0 Å². The number of aromatic nitrogens is 1. The highest BCUT2D eigenvalue weighted by Gasteiger charge is 2.35. The molecule has 1 N–H and O–H groups in total. The number of pyridine rings is 1. The van der Waals surface area contributed by atoms with Gasteiger partial charge in [-0.25, -0.2) is 5.01 Å². The lowest BCUT2D eigenvalue weighted by atomic mass is 9.89. The first-order chi connectivity index (χ1) is 17.4. The maximum Gasteiger partial charge on any atom is 0.303 e. The number of aliphatic carboxylic acids is 1. The van der Waals surface area contributed by atoms with Crippen LogP contribution in [0.15, 0.2) is 84.0 Å². The van der Waals surface area contributed by atoms with E-state index in [9.17, 15) is 9.59 Å². The van der Waals surface area contributed by atoms with Crippen molar-refractivity contribution in [1.29, 1.82) is 0 Å². The van der Waals surface area contributed by atoms with Crippen molar-refractivity contribution in [3.63, 3.8) is 0 Å². The first-order valence-electron chi connectivity index (χ1n) is 12.1. The largest absolute Gasteiger partial charge is 0.481 e. The minimum Gasteiger partial charge on any atom is -0.481 e. The number of hydrazone groups is 1. The van der Waals surface area contributed by atoms with E-state index in [-0.39, 0.29) is 24.8 Å². The average molecular weight is 478 g/mol. The lowest BCUT2D eigenvalue weighted by Gasteiger charge is -2.22. The molecule has 0 saturated heterocycles. The maximum atomic E-state index is 13.2. The van der Waals surface area contributed by atoms with E-state index in [1.165, 1.54) is 5.01 Å². The second kappa shape index (κ2) is 9.74. The van der Waals surface area contributed by atoms with Gasteiger partial charge in [0.15, 0.2) is 0 Å². The standard InChI is InChI=1S/C30H27N3O3/c1-19-9-8-12-22(17-19)26-18-25(32-33(26)27(34)15-16-28(35)36)29-20(2)31-24-14-7-6-13-23(24)30(29)21-10-4-3-5-11-21/h3-14,17,26H,15-16,18H2,1-2H3,(H,35,36). The predicted molar refractivity (Wildman–Crippen MR) is 141 cm³/mol. The van der Waals surface area contributed by atoms with Gasteiger partial charge in [0.2, 0.25) is 5.91 Å². The average Bonchev–Trinajstić information content (AvgIpc) is 3.32. The first-order valence-corrected chi connectivity index (χ1v) is 12.1. The van der Waals surface area contributed by atoms with Gasteiger partial charge in [0.1, 0.15) is 0 Å². The minimum absolute atomic E-state index is 0.102. The fraction of sp³-hybridized carbons (Fsp3) is 0.200. The summed E-state index contributed by atoms with van der Waals surface area (Å²) in [6.07, 6.45) is 0.185. The van der Waals surface area contributed by atoms with Crippen molar-refractivity contribution in [1.82, 2.24) is 9.99 Å². The quantitative estimate of drug-likeness (QED) is 0.366. The molecule has 0 spiro atoms. The van der Waals surface area contributed by atoms with Gasteiger partial charge in [0, 0.05) is 35.0 Å². The van der Waals surface area contributed by atoms with E-state index in [0.717, 1.165) is 50.1 Å². The van der Waals surface area contributed by atoms with Crippen molar-refractivity contribution in [2.75, 3.05) is 0 Å². The molecule has 180 valence electrons. The highest BCUT2D eigenvalue weighted by Crippen LogP contribution is 2.39. The van der Waals surface area contributed by atoms with E-state index < -0.39 is 5.97 Å². The van der Waals surface area contributed by atoms with E-state index in [4.69, 9.17) is 15.2 Å². The molecule has 1 amide bonds. The van der Waals surface area contributed by atoms with Gasteiger partial charge in [0.25, 0.3) is 0 Å². The van der Waals surface area contributed by atoms with Crippen LogP contribution in [0.1, 0.15) is 47.7 Å². The number of amides is 1. The van der Waals surface area contributed by atoms with Crippen molar-refractivity contribution in [2.24, 2.45) is 5.10 Å². The van der Waals surface area contributed by atoms with Crippen molar-refractivity contribution in [2.45, 2.75) is 39.2 Å². The van der Waals surface area contributed by atoms with Crippen LogP contribution >= 0.6 is 0 Å². The molecule has 1 unspecified atom stereocenters. The molecule has 0 fully saturated rings. The van der Waals surface area contributed by atoms with Crippen LogP contribution in [0.3, 0.4) is 0 Å². The molecule has 1 aromatic heterocycles. The molecule has 0 radical (unpaired) electrons. The Hall–Kier alpha value is -4.32. The van der Waals surface area contributed by atoms with E-state index >= 15 is 0 Å². The second-order valence-electron chi connectivity index (χ2n) is 9.14. The van der Waals surface area contributed by atoms with Crippen LogP contribution < -0.4 is 0 Å². The number of aryl methyl sites for hydroxylation is 2. The summed E-state index contributed by atoms with van der Waals surface area (Å²) in [4.78, 5) is 29.2. The van der Waals surface area contributed by atoms with Gasteiger partial charge in [-0.1, -0.05) is 78.4 Å². The molecular formula is C30H27N3O3. The Morgan fingerprint density at radius 3 is 2.42 bits per heavy atom. The number of carbonyl (C=O) groups is 2. The minimum atomic E-state index is -1.00. The lowest BCUT2D eigenvalue weighted by Crippen LogP contribution is -2.27. The smallest absolute Gasteiger partial charge is 0.303 e. The number of rotatable bonds is 6. The Kier molecular flexibility index (Phi) is 6.34. The lowest BCUT2D eigenvalue weighted by molar-refractivity contribution is -0.141. The number of carboxylic acid groups (broad SMARTS) is 1. The summed E-state index contributed by atoms with van der Waals surface area (Å²) in [5.41, 5.74) is 7.61. The topological polar surface area (TPSA) is 82.9 Å². The molecule has 6 nitrogen and oxygen atoms in total. The number of hydrogen-bond acceptors (Lipinski definition) is 4. The highest BCUT2D eigenvalue weighted by atomic mass is 16.4. The molecule has 4 aromatic rings. The fourth-order valence-electron chi connectivity index (χ4n) is 4.95. The third-order valence-corrected chi connectivity index (χ3v) is 6.57. The molecule has 1 atom stereocenters. The van der Waals surface area contributed by atoms with E-state index in [1.54, 1.807) is 0 Å². The van der Waals surface area contributed by atoms with E-state index in [1.807, 2.05) is 68.4 Å². The Labute approximate surface area is 209 Å². The van der Waals surface area contributed by atoms with Crippen LogP contribution in [-0.4, -0.2) is 32.7 Å². The third kappa shape index (κ3) is 4.50. The molecule has 6 heteroatoms. The van der Waals surface area contributed by atoms with Crippen LogP contribution in [0.2, 0.25) is 0 Å². The molecule has 0 bridgehead atoms. The van der Waals surface area contributed by atoms with Gasteiger partial charge in [-0.2, -0.15) is 5.10 Å². The summed E-state index contributed by atoms with van der Waals surface area (Å²) in [7, 11) is 0. The second-order valence-corrected chi connectivity index (χ2v) is 9.14. The number of carbonyl (C=O) groups excluding carboxylic acids is 1. The van der Waals surface area contributed by atoms with E-state index in [2.05, 4.69) is 24.3 Å². The molecular weight excluding hydrogens is 450 g/mol. The molecule has 0 aliphatic carbocycles. The molecule has 2 heterocycles. The number of hydrogen-bond donors (Lipinski definition) is 1. The van der Waals surface area contributed by atoms with E-state index in [0.29, 0.717) is 6.42 Å². The van der Waals surface area contributed by atoms with Crippen LogP contribution in [0, 0.1) is 13.8 Å². The fourth-order valence-corrected chi connectivity index (χ4v) is 4.95. The normalized spacial score (nSPS) is 15.2. The van der Waals surface area contributed by atoms with Crippen LogP contribution in [0.5, 0.6) is 0 Å². The van der Waals surface area contributed by atoms with Gasteiger partial charge in [-0.15, -0.1) is 0 Å². The van der Waals surface area contributed by atoms with Crippen molar-refractivity contribution >= 4 is 28.5 Å². The zero-order valence-corrected chi connectivity index (χ0v) is 20.3. The Morgan fingerprint density at radius 2 is 1.67 bits per heavy atom. The highest BCUT2D eigenvalue weighted by molar-refractivity contribution is 6.14.